The number of urea groups is 1. The van der Waals surface area contributed by atoms with Gasteiger partial charge < -0.3 is 15.7 Å². The number of carbonyl (C=O) groups is 1. The molecule has 0 aliphatic carbocycles. The highest BCUT2D eigenvalue weighted by Crippen LogP contribution is 2.20. The van der Waals surface area contributed by atoms with Crippen LogP contribution in [0.25, 0.3) is 0 Å². The van der Waals surface area contributed by atoms with Crippen molar-refractivity contribution in [1.82, 2.24) is 10.6 Å². The molecule has 0 aliphatic heterocycles. The quantitative estimate of drug-likeness (QED) is 0.754. The number of nitrogens with one attached hydrogen (secondary N) is 2. The molecule has 6 heteroatoms. The van der Waals surface area contributed by atoms with Gasteiger partial charge in [0, 0.05) is 18.7 Å². The monoisotopic (exact) mass is 307 g/mol. The molecule has 0 aliphatic rings. The van der Waals surface area contributed by atoms with E-state index in [1.807, 2.05) is 19.9 Å². The number of aliphatic hydroxyl groups excluding tert-OH is 1. The highest BCUT2D eigenvalue weighted by molar-refractivity contribution is 5.73. The van der Waals surface area contributed by atoms with E-state index >= 15 is 0 Å². The van der Waals surface area contributed by atoms with Gasteiger partial charge in [0.1, 0.15) is 5.82 Å². The molecule has 0 saturated carbocycles. The predicted octanol–water partition coefficient (Wildman–Crippen LogP) is 2.29. The minimum Gasteiger partial charge on any atom is -0.393 e. The van der Waals surface area contributed by atoms with Crippen LogP contribution in [0.3, 0.4) is 0 Å². The van der Waals surface area contributed by atoms with E-state index in [1.165, 1.54) is 12.1 Å². The van der Waals surface area contributed by atoms with Crippen LogP contribution in [-0.4, -0.2) is 23.8 Å². The van der Waals surface area contributed by atoms with E-state index in [0.717, 1.165) is 6.07 Å². The Hall–Kier alpha value is -2.13. The summed E-state index contributed by atoms with van der Waals surface area (Å²) in [6, 6.07) is 5.57. The van der Waals surface area contributed by atoms with Crippen LogP contribution >= 0.6 is 0 Å². The predicted molar refractivity (Wildman–Crippen MR) is 81.4 cm³/mol. The summed E-state index contributed by atoms with van der Waals surface area (Å²) in [6.07, 6.45) is 0.130. The molecule has 0 aromatic heterocycles. The van der Waals surface area contributed by atoms with E-state index < -0.39 is 18.0 Å². The van der Waals surface area contributed by atoms with Crippen molar-refractivity contribution in [3.8, 4) is 6.07 Å². The number of rotatable bonds is 6. The summed E-state index contributed by atoms with van der Waals surface area (Å²) in [5.41, 5.74) is 0.327. The number of aliphatic hydroxyl groups is 1. The Morgan fingerprint density at radius 2 is 2.14 bits per heavy atom. The standard InChI is InChI=1S/C16H22FN3O2/c1-11(21)7-16(2,3)10-20-15(22)19-9-13-5-4-12(8-18)6-14(13)17/h4-6,11,21H,7,9-10H2,1-3H3,(H2,19,20,22)/t11-/m1/s1. The van der Waals surface area contributed by atoms with Crippen molar-refractivity contribution in [2.45, 2.75) is 39.8 Å². The molecule has 0 fully saturated rings. The first kappa shape index (κ1) is 17.9. The molecule has 22 heavy (non-hydrogen) atoms. The van der Waals surface area contributed by atoms with Crippen LogP contribution in [0.15, 0.2) is 18.2 Å². The van der Waals surface area contributed by atoms with Gasteiger partial charge in [0.05, 0.1) is 17.7 Å². The second kappa shape index (κ2) is 7.76. The molecular weight excluding hydrogens is 285 g/mol. The third-order valence-corrected chi connectivity index (χ3v) is 3.20. The zero-order chi connectivity index (χ0) is 16.8. The second-order valence-corrected chi connectivity index (χ2v) is 6.17. The normalized spacial score (nSPS) is 12.4. The molecule has 0 saturated heterocycles. The summed E-state index contributed by atoms with van der Waals surface area (Å²) >= 11 is 0. The van der Waals surface area contributed by atoms with Crippen LogP contribution in [0, 0.1) is 22.6 Å². The molecule has 1 aromatic rings. The number of benzene rings is 1. The van der Waals surface area contributed by atoms with Gasteiger partial charge in [0.25, 0.3) is 0 Å². The van der Waals surface area contributed by atoms with Gasteiger partial charge in [-0.2, -0.15) is 5.26 Å². The Kier molecular flexibility index (Phi) is 6.32. The number of hydrogen-bond donors (Lipinski definition) is 3. The smallest absolute Gasteiger partial charge is 0.315 e. The zero-order valence-electron chi connectivity index (χ0n) is 13.1. The molecule has 0 heterocycles. The van der Waals surface area contributed by atoms with Crippen molar-refractivity contribution in [2.75, 3.05) is 6.54 Å². The maximum Gasteiger partial charge on any atom is 0.315 e. The molecule has 2 amide bonds. The van der Waals surface area contributed by atoms with Crippen LogP contribution in [0.5, 0.6) is 0 Å². The van der Waals surface area contributed by atoms with Gasteiger partial charge in [-0.1, -0.05) is 19.9 Å². The molecule has 1 aromatic carbocycles. The summed E-state index contributed by atoms with van der Waals surface area (Å²) in [4.78, 5) is 11.7. The van der Waals surface area contributed by atoms with Crippen LogP contribution in [-0.2, 0) is 6.54 Å². The van der Waals surface area contributed by atoms with Crippen LogP contribution in [0.1, 0.15) is 38.3 Å². The number of carbonyl (C=O) groups excluding carboxylic acids is 1. The summed E-state index contributed by atoms with van der Waals surface area (Å²) < 4.78 is 13.7. The molecule has 0 radical (unpaired) electrons. The first-order valence-corrected chi connectivity index (χ1v) is 7.12. The van der Waals surface area contributed by atoms with Gasteiger partial charge in [-0.15, -0.1) is 0 Å². The molecular formula is C16H22FN3O2. The van der Waals surface area contributed by atoms with Gasteiger partial charge in [-0.3, -0.25) is 0 Å². The molecule has 0 spiro atoms. The van der Waals surface area contributed by atoms with Gasteiger partial charge in [0.2, 0.25) is 0 Å². The van der Waals surface area contributed by atoms with Gasteiger partial charge in [0.15, 0.2) is 0 Å². The molecule has 0 bridgehead atoms. The van der Waals surface area contributed by atoms with E-state index in [-0.39, 0.29) is 17.5 Å². The summed E-state index contributed by atoms with van der Waals surface area (Å²) in [7, 11) is 0. The summed E-state index contributed by atoms with van der Waals surface area (Å²) in [6.45, 7) is 6.04. The van der Waals surface area contributed by atoms with Crippen LogP contribution < -0.4 is 10.6 Å². The first-order chi connectivity index (χ1) is 10.2. The van der Waals surface area contributed by atoms with Crippen LogP contribution in [0.2, 0.25) is 0 Å². The van der Waals surface area contributed by atoms with Crippen molar-refractivity contribution >= 4 is 6.03 Å². The molecule has 1 rings (SSSR count). The maximum absolute atomic E-state index is 13.7. The van der Waals surface area contributed by atoms with Crippen molar-refractivity contribution in [1.29, 1.82) is 5.26 Å². The van der Waals surface area contributed by atoms with E-state index in [1.54, 1.807) is 6.92 Å². The fraction of sp³-hybridized carbons (Fsp3) is 0.500. The van der Waals surface area contributed by atoms with Crippen molar-refractivity contribution in [2.24, 2.45) is 5.41 Å². The van der Waals surface area contributed by atoms with Gasteiger partial charge in [-0.05, 0) is 30.9 Å². The largest absolute Gasteiger partial charge is 0.393 e. The summed E-state index contributed by atoms with van der Waals surface area (Å²) in [5.74, 6) is -0.520. The molecule has 3 N–H and O–H groups in total. The Morgan fingerprint density at radius 3 is 2.68 bits per heavy atom. The van der Waals surface area contributed by atoms with E-state index in [2.05, 4.69) is 10.6 Å². The van der Waals surface area contributed by atoms with E-state index in [9.17, 15) is 14.3 Å². The average Bonchev–Trinajstić information content (AvgIpc) is 2.42. The van der Waals surface area contributed by atoms with E-state index in [4.69, 9.17) is 5.26 Å². The third kappa shape index (κ3) is 6.10. The Balaban J connectivity index is 2.45. The maximum atomic E-state index is 13.7. The Bertz CT molecular complexity index is 565. The Morgan fingerprint density at radius 1 is 1.45 bits per heavy atom. The lowest BCUT2D eigenvalue weighted by molar-refractivity contribution is 0.129. The number of amides is 2. The number of nitrogens with zero attached hydrogens (tertiary/aromatic N) is 1. The lowest BCUT2D eigenvalue weighted by atomic mass is 9.87. The minimum atomic E-state index is -0.520. The Labute approximate surface area is 130 Å². The van der Waals surface area contributed by atoms with E-state index in [0.29, 0.717) is 18.5 Å². The second-order valence-electron chi connectivity index (χ2n) is 6.17. The SMILES string of the molecule is C[C@@H](O)CC(C)(C)CNC(=O)NCc1ccc(C#N)cc1F. The molecule has 5 nitrogen and oxygen atoms in total. The first-order valence-electron chi connectivity index (χ1n) is 7.12. The average molecular weight is 307 g/mol. The van der Waals surface area contributed by atoms with Crippen molar-refractivity contribution in [3.05, 3.63) is 35.1 Å². The number of hydrogen-bond acceptors (Lipinski definition) is 3. The summed E-state index contributed by atoms with van der Waals surface area (Å²) in [5, 5.41) is 23.3. The lowest BCUT2D eigenvalue weighted by Gasteiger charge is -2.26. The fourth-order valence-electron chi connectivity index (χ4n) is 2.19. The fourth-order valence-corrected chi connectivity index (χ4v) is 2.19. The van der Waals surface area contributed by atoms with Crippen LogP contribution in [0.4, 0.5) is 9.18 Å². The highest BCUT2D eigenvalue weighted by Gasteiger charge is 2.21. The molecule has 0 unspecified atom stereocenters. The molecule has 120 valence electrons. The number of nitriles is 1. The van der Waals surface area contributed by atoms with Crippen molar-refractivity contribution < 1.29 is 14.3 Å². The zero-order valence-corrected chi connectivity index (χ0v) is 13.1. The van der Waals surface area contributed by atoms with Crippen molar-refractivity contribution in [3.63, 3.8) is 0 Å². The van der Waals surface area contributed by atoms with Gasteiger partial charge in [-0.25, -0.2) is 9.18 Å². The molecule has 1 atom stereocenters. The van der Waals surface area contributed by atoms with Gasteiger partial charge >= 0.3 is 6.03 Å². The number of halogens is 1. The third-order valence-electron chi connectivity index (χ3n) is 3.20. The minimum absolute atomic E-state index is 0.0419. The highest BCUT2D eigenvalue weighted by atomic mass is 19.1. The topological polar surface area (TPSA) is 85.2 Å². The lowest BCUT2D eigenvalue weighted by Crippen LogP contribution is -2.41.